The van der Waals surface area contributed by atoms with Gasteiger partial charge in [0, 0.05) is 11.4 Å². The fraction of sp³-hybridized carbons (Fsp3) is 0.133. The zero-order valence-electron chi connectivity index (χ0n) is 19.7. The molecule has 4 aromatic rings. The van der Waals surface area contributed by atoms with Gasteiger partial charge in [-0.25, -0.2) is 0 Å². The molecule has 0 spiro atoms. The monoisotopic (exact) mass is 464 g/mol. The highest BCUT2D eigenvalue weighted by Gasteiger charge is 2.18. The Morgan fingerprint density at radius 3 is 2.20 bits per heavy atom. The maximum Gasteiger partial charge on any atom is 0.265 e. The fourth-order valence-electron chi connectivity index (χ4n) is 3.78. The number of ether oxygens (including phenoxy) is 1. The van der Waals surface area contributed by atoms with Gasteiger partial charge in [-0.1, -0.05) is 72.8 Å². The van der Waals surface area contributed by atoms with Gasteiger partial charge in [-0.05, 0) is 60.0 Å². The Balaban J connectivity index is 1.50. The van der Waals surface area contributed by atoms with Gasteiger partial charge in [-0.15, -0.1) is 0 Å². The smallest absolute Gasteiger partial charge is 0.265 e. The quantitative estimate of drug-likeness (QED) is 0.341. The highest BCUT2D eigenvalue weighted by atomic mass is 16.5. The molecule has 0 aliphatic carbocycles. The lowest BCUT2D eigenvalue weighted by Crippen LogP contribution is -2.34. The van der Waals surface area contributed by atoms with Crippen LogP contribution in [0.25, 0.3) is 0 Å². The molecule has 0 unspecified atom stereocenters. The zero-order valence-corrected chi connectivity index (χ0v) is 19.7. The van der Waals surface area contributed by atoms with Crippen molar-refractivity contribution in [3.05, 3.63) is 126 Å². The fourth-order valence-corrected chi connectivity index (χ4v) is 3.78. The van der Waals surface area contributed by atoms with Crippen LogP contribution in [0.1, 0.15) is 16.7 Å². The minimum atomic E-state index is -0.168. The predicted molar refractivity (Wildman–Crippen MR) is 140 cm³/mol. The van der Waals surface area contributed by atoms with E-state index >= 15 is 0 Å². The summed E-state index contributed by atoms with van der Waals surface area (Å²) in [6, 6.07) is 34.3. The van der Waals surface area contributed by atoms with Crippen LogP contribution in [0, 0.1) is 6.92 Å². The van der Waals surface area contributed by atoms with Crippen LogP contribution in [-0.2, 0) is 22.6 Å². The van der Waals surface area contributed by atoms with Gasteiger partial charge in [0.25, 0.3) is 5.91 Å². The van der Waals surface area contributed by atoms with Gasteiger partial charge in [0.05, 0.1) is 13.0 Å². The summed E-state index contributed by atoms with van der Waals surface area (Å²) in [5.74, 6) is 0.363. The summed E-state index contributed by atoms with van der Waals surface area (Å²) >= 11 is 0. The van der Waals surface area contributed by atoms with E-state index in [0.717, 1.165) is 28.1 Å². The van der Waals surface area contributed by atoms with Crippen molar-refractivity contribution >= 4 is 23.2 Å². The van der Waals surface area contributed by atoms with E-state index in [4.69, 9.17) is 4.74 Å². The van der Waals surface area contributed by atoms with Crippen molar-refractivity contribution in [2.75, 3.05) is 16.8 Å². The summed E-state index contributed by atoms with van der Waals surface area (Å²) < 4.78 is 5.72. The molecular weight excluding hydrogens is 436 g/mol. The molecule has 35 heavy (non-hydrogen) atoms. The largest absolute Gasteiger partial charge is 0.484 e. The van der Waals surface area contributed by atoms with Crippen molar-refractivity contribution in [1.82, 2.24) is 0 Å². The number of hydrogen-bond acceptors (Lipinski definition) is 3. The van der Waals surface area contributed by atoms with Gasteiger partial charge < -0.3 is 15.0 Å². The molecule has 4 aromatic carbocycles. The number of carbonyl (C=O) groups excluding carboxylic acids is 2. The maximum atomic E-state index is 13.2. The van der Waals surface area contributed by atoms with E-state index in [0.29, 0.717) is 12.3 Å². The summed E-state index contributed by atoms with van der Waals surface area (Å²) in [6.07, 6.45) is 0.204. The molecule has 0 aliphatic heterocycles. The van der Waals surface area contributed by atoms with Gasteiger partial charge in [0.2, 0.25) is 5.91 Å². The summed E-state index contributed by atoms with van der Waals surface area (Å²) in [4.78, 5) is 27.6. The van der Waals surface area contributed by atoms with Crippen LogP contribution in [0.2, 0.25) is 0 Å². The zero-order chi connectivity index (χ0) is 24.5. The Labute approximate surface area is 206 Å². The van der Waals surface area contributed by atoms with Crippen molar-refractivity contribution in [2.24, 2.45) is 0 Å². The minimum Gasteiger partial charge on any atom is -0.484 e. The third kappa shape index (κ3) is 7.05. The molecule has 0 radical (unpaired) electrons. The number of amides is 2. The number of rotatable bonds is 9. The van der Waals surface area contributed by atoms with Crippen molar-refractivity contribution in [1.29, 1.82) is 0 Å². The van der Waals surface area contributed by atoms with E-state index < -0.39 is 0 Å². The molecule has 4 rings (SSSR count). The molecule has 2 amide bonds. The van der Waals surface area contributed by atoms with Crippen LogP contribution in [0.4, 0.5) is 11.4 Å². The third-order valence-electron chi connectivity index (χ3n) is 5.48. The lowest BCUT2D eigenvalue weighted by atomic mass is 10.1. The molecule has 176 valence electrons. The first kappa shape index (κ1) is 23.8. The number of nitrogens with one attached hydrogen (secondary N) is 1. The first-order valence-corrected chi connectivity index (χ1v) is 11.5. The Kier molecular flexibility index (Phi) is 7.92. The Morgan fingerprint density at radius 1 is 0.771 bits per heavy atom. The lowest BCUT2D eigenvalue weighted by Gasteiger charge is -2.24. The molecule has 0 saturated heterocycles. The van der Waals surface area contributed by atoms with E-state index in [1.165, 1.54) is 0 Å². The van der Waals surface area contributed by atoms with Gasteiger partial charge in [0.15, 0.2) is 6.61 Å². The molecule has 0 bridgehead atoms. The van der Waals surface area contributed by atoms with Crippen LogP contribution in [0.5, 0.6) is 5.75 Å². The highest BCUT2D eigenvalue weighted by molar-refractivity contribution is 5.95. The normalized spacial score (nSPS) is 10.4. The Morgan fingerprint density at radius 2 is 1.46 bits per heavy atom. The molecule has 5 heteroatoms. The predicted octanol–water partition coefficient (Wildman–Crippen LogP) is 5.79. The Bertz CT molecular complexity index is 1270. The second kappa shape index (κ2) is 11.7. The number of hydrogen-bond donors (Lipinski definition) is 1. The number of carbonyl (C=O) groups is 2. The average Bonchev–Trinajstić information content (AvgIpc) is 2.87. The summed E-state index contributed by atoms with van der Waals surface area (Å²) in [7, 11) is 0. The second-order valence-electron chi connectivity index (χ2n) is 8.33. The Hall–Kier alpha value is -4.38. The van der Waals surface area contributed by atoms with Crippen LogP contribution < -0.4 is 15.0 Å². The third-order valence-corrected chi connectivity index (χ3v) is 5.48. The van der Waals surface area contributed by atoms with Crippen LogP contribution >= 0.6 is 0 Å². The van der Waals surface area contributed by atoms with Crippen LogP contribution in [0.15, 0.2) is 109 Å². The second-order valence-corrected chi connectivity index (χ2v) is 8.33. The minimum absolute atomic E-state index is 0.0884. The van der Waals surface area contributed by atoms with Gasteiger partial charge >= 0.3 is 0 Å². The summed E-state index contributed by atoms with van der Waals surface area (Å²) in [5.41, 5.74) is 4.39. The SMILES string of the molecule is Cc1cccc(NC(=O)Cc2cccc(N(Cc3ccccc3)C(=O)COc3ccccc3)c2)c1. The van der Waals surface area contributed by atoms with E-state index in [2.05, 4.69) is 5.32 Å². The van der Waals surface area contributed by atoms with E-state index in [-0.39, 0.29) is 24.8 Å². The van der Waals surface area contributed by atoms with Crippen LogP contribution in [0.3, 0.4) is 0 Å². The molecule has 0 aliphatic rings. The van der Waals surface area contributed by atoms with Crippen molar-refractivity contribution in [2.45, 2.75) is 19.9 Å². The van der Waals surface area contributed by atoms with Crippen LogP contribution in [-0.4, -0.2) is 18.4 Å². The molecule has 1 N–H and O–H groups in total. The molecule has 0 saturated carbocycles. The molecule has 0 atom stereocenters. The average molecular weight is 465 g/mol. The maximum absolute atomic E-state index is 13.2. The highest BCUT2D eigenvalue weighted by Crippen LogP contribution is 2.21. The van der Waals surface area contributed by atoms with Crippen molar-refractivity contribution < 1.29 is 14.3 Å². The van der Waals surface area contributed by atoms with E-state index in [1.807, 2.05) is 116 Å². The standard InChI is InChI=1S/C30H28N2O3/c1-23-10-8-14-26(18-23)31-29(33)20-25-13-9-15-27(19-25)32(21-24-11-4-2-5-12-24)30(34)22-35-28-16-6-3-7-17-28/h2-19H,20-22H2,1H3,(H,31,33). The summed E-state index contributed by atoms with van der Waals surface area (Å²) in [6.45, 7) is 2.30. The van der Waals surface area contributed by atoms with Crippen molar-refractivity contribution in [3.8, 4) is 5.75 Å². The van der Waals surface area contributed by atoms with E-state index in [1.54, 1.807) is 4.90 Å². The van der Waals surface area contributed by atoms with Gasteiger partial charge in [0.1, 0.15) is 5.75 Å². The molecule has 0 heterocycles. The number of aryl methyl sites for hydroxylation is 1. The molecule has 5 nitrogen and oxygen atoms in total. The van der Waals surface area contributed by atoms with Gasteiger partial charge in [-0.2, -0.15) is 0 Å². The van der Waals surface area contributed by atoms with Crippen molar-refractivity contribution in [3.63, 3.8) is 0 Å². The number of para-hydroxylation sites is 1. The number of anilines is 2. The molecular formula is C30H28N2O3. The first-order valence-electron chi connectivity index (χ1n) is 11.5. The topological polar surface area (TPSA) is 58.6 Å². The van der Waals surface area contributed by atoms with E-state index in [9.17, 15) is 9.59 Å². The number of benzene rings is 4. The summed E-state index contributed by atoms with van der Waals surface area (Å²) in [5, 5.41) is 2.94. The van der Waals surface area contributed by atoms with Gasteiger partial charge in [-0.3, -0.25) is 9.59 Å². The lowest BCUT2D eigenvalue weighted by molar-refractivity contribution is -0.120. The molecule has 0 aromatic heterocycles. The first-order chi connectivity index (χ1) is 17.1. The number of nitrogens with zero attached hydrogens (tertiary/aromatic N) is 1. The molecule has 0 fully saturated rings.